The second-order valence-electron chi connectivity index (χ2n) is 6.45. The van der Waals surface area contributed by atoms with E-state index in [-0.39, 0.29) is 24.3 Å². The summed E-state index contributed by atoms with van der Waals surface area (Å²) in [4.78, 5) is 24.1. The summed E-state index contributed by atoms with van der Waals surface area (Å²) in [7, 11) is 0. The number of hydrogen-bond donors (Lipinski definition) is 1. The highest BCUT2D eigenvalue weighted by Gasteiger charge is 2.19. The van der Waals surface area contributed by atoms with E-state index in [1.165, 1.54) is 6.92 Å². The first-order valence-corrected chi connectivity index (χ1v) is 8.60. The molecule has 1 aliphatic heterocycles. The van der Waals surface area contributed by atoms with Crippen LogP contribution >= 0.6 is 0 Å². The Morgan fingerprint density at radius 3 is 2.58 bits per heavy atom. The van der Waals surface area contributed by atoms with Gasteiger partial charge in [0.1, 0.15) is 19.8 Å². The van der Waals surface area contributed by atoms with Crippen molar-refractivity contribution in [2.24, 2.45) is 0 Å². The van der Waals surface area contributed by atoms with E-state index in [1.807, 2.05) is 25.1 Å². The van der Waals surface area contributed by atoms with Crippen molar-refractivity contribution in [3.05, 3.63) is 40.7 Å². The fourth-order valence-corrected chi connectivity index (χ4v) is 3.20. The van der Waals surface area contributed by atoms with Gasteiger partial charge in [0.15, 0.2) is 17.3 Å². The average molecular weight is 357 g/mol. The molecule has 0 bridgehead atoms. The van der Waals surface area contributed by atoms with Gasteiger partial charge in [-0.2, -0.15) is 5.10 Å². The Bertz CT molecular complexity index is 857. The number of amides is 1. The Hall–Kier alpha value is -2.83. The van der Waals surface area contributed by atoms with Gasteiger partial charge in [-0.25, -0.2) is 0 Å². The van der Waals surface area contributed by atoms with Crippen molar-refractivity contribution >= 4 is 11.7 Å². The standard InChI is InChI=1S/C19H23N3O4/c1-11(15-5-6-16-17(9-15)26-8-7-25-16)20-18(24)10-22-13(3)19(14(4)23)12(2)21-22/h5-6,9,11H,7-8,10H2,1-4H3,(H,20,24). The van der Waals surface area contributed by atoms with Crippen molar-refractivity contribution in [3.8, 4) is 11.5 Å². The van der Waals surface area contributed by atoms with E-state index >= 15 is 0 Å². The molecule has 1 amide bonds. The van der Waals surface area contributed by atoms with Crippen LogP contribution in [0.1, 0.15) is 47.2 Å². The normalized spacial score (nSPS) is 14.0. The molecular formula is C19H23N3O4. The van der Waals surface area contributed by atoms with Gasteiger partial charge in [0, 0.05) is 5.69 Å². The maximum absolute atomic E-state index is 12.4. The lowest BCUT2D eigenvalue weighted by molar-refractivity contribution is -0.122. The van der Waals surface area contributed by atoms with Gasteiger partial charge in [-0.05, 0) is 45.4 Å². The number of hydrogen-bond acceptors (Lipinski definition) is 5. The molecule has 2 heterocycles. The fourth-order valence-electron chi connectivity index (χ4n) is 3.20. The zero-order valence-electron chi connectivity index (χ0n) is 15.5. The van der Waals surface area contributed by atoms with Crippen LogP contribution in [0.3, 0.4) is 0 Å². The average Bonchev–Trinajstić information content (AvgIpc) is 2.87. The predicted molar refractivity (Wildman–Crippen MR) is 95.7 cm³/mol. The van der Waals surface area contributed by atoms with E-state index in [2.05, 4.69) is 10.4 Å². The maximum Gasteiger partial charge on any atom is 0.242 e. The highest BCUT2D eigenvalue weighted by Crippen LogP contribution is 2.32. The third-order valence-corrected chi connectivity index (χ3v) is 4.47. The highest BCUT2D eigenvalue weighted by atomic mass is 16.6. The quantitative estimate of drug-likeness (QED) is 0.831. The van der Waals surface area contributed by atoms with E-state index in [0.717, 1.165) is 11.3 Å². The van der Waals surface area contributed by atoms with Crippen molar-refractivity contribution in [1.82, 2.24) is 15.1 Å². The van der Waals surface area contributed by atoms with Crippen LogP contribution in [-0.2, 0) is 11.3 Å². The molecule has 0 fully saturated rings. The highest BCUT2D eigenvalue weighted by molar-refractivity contribution is 5.96. The summed E-state index contributed by atoms with van der Waals surface area (Å²) < 4.78 is 12.7. The molecule has 0 aliphatic carbocycles. The number of benzene rings is 1. The Morgan fingerprint density at radius 1 is 1.23 bits per heavy atom. The molecule has 1 aromatic carbocycles. The summed E-state index contributed by atoms with van der Waals surface area (Å²) in [6.45, 7) is 8.12. The molecular weight excluding hydrogens is 334 g/mol. The second-order valence-corrected chi connectivity index (χ2v) is 6.45. The topological polar surface area (TPSA) is 82.5 Å². The third-order valence-electron chi connectivity index (χ3n) is 4.47. The number of nitrogens with one attached hydrogen (secondary N) is 1. The summed E-state index contributed by atoms with van der Waals surface area (Å²) in [6.07, 6.45) is 0. The van der Waals surface area contributed by atoms with Gasteiger partial charge in [0.2, 0.25) is 5.91 Å². The molecule has 26 heavy (non-hydrogen) atoms. The summed E-state index contributed by atoms with van der Waals surface area (Å²) in [6, 6.07) is 5.46. The van der Waals surface area contributed by atoms with Gasteiger partial charge in [0.25, 0.3) is 0 Å². The van der Waals surface area contributed by atoms with Crippen molar-refractivity contribution in [2.45, 2.75) is 40.3 Å². The first-order valence-electron chi connectivity index (χ1n) is 8.60. The van der Waals surface area contributed by atoms with Crippen molar-refractivity contribution in [3.63, 3.8) is 0 Å². The minimum Gasteiger partial charge on any atom is -0.486 e. The first kappa shape index (κ1) is 18.0. The minimum atomic E-state index is -0.192. The third kappa shape index (κ3) is 3.56. The number of ether oxygens (including phenoxy) is 2. The van der Waals surface area contributed by atoms with Crippen LogP contribution < -0.4 is 14.8 Å². The lowest BCUT2D eigenvalue weighted by atomic mass is 10.1. The molecule has 1 N–H and O–H groups in total. The van der Waals surface area contributed by atoms with E-state index in [9.17, 15) is 9.59 Å². The maximum atomic E-state index is 12.4. The Labute approximate surface area is 152 Å². The van der Waals surface area contributed by atoms with Gasteiger partial charge in [-0.3, -0.25) is 14.3 Å². The lowest BCUT2D eigenvalue weighted by Gasteiger charge is -2.21. The van der Waals surface area contributed by atoms with Gasteiger partial charge in [0.05, 0.1) is 17.3 Å². The van der Waals surface area contributed by atoms with Crippen molar-refractivity contribution in [2.75, 3.05) is 13.2 Å². The van der Waals surface area contributed by atoms with Crippen LogP contribution in [0.5, 0.6) is 11.5 Å². The molecule has 2 aromatic rings. The molecule has 0 radical (unpaired) electrons. The number of Topliss-reactive ketones (excluding diaryl/α,β-unsaturated/α-hetero) is 1. The number of rotatable bonds is 5. The van der Waals surface area contributed by atoms with Crippen LogP contribution in [0.2, 0.25) is 0 Å². The van der Waals surface area contributed by atoms with E-state index < -0.39 is 0 Å². The van der Waals surface area contributed by atoms with Crippen LogP contribution in [0.15, 0.2) is 18.2 Å². The Balaban J connectivity index is 1.68. The monoisotopic (exact) mass is 357 g/mol. The molecule has 0 saturated heterocycles. The summed E-state index contributed by atoms with van der Waals surface area (Å²) >= 11 is 0. The van der Waals surface area contributed by atoms with E-state index in [4.69, 9.17) is 9.47 Å². The van der Waals surface area contributed by atoms with Crippen LogP contribution in [-0.4, -0.2) is 34.7 Å². The molecule has 1 aliphatic rings. The van der Waals surface area contributed by atoms with Crippen molar-refractivity contribution in [1.29, 1.82) is 0 Å². The number of aromatic nitrogens is 2. The first-order chi connectivity index (χ1) is 12.4. The molecule has 138 valence electrons. The molecule has 7 heteroatoms. The molecule has 1 unspecified atom stereocenters. The molecule has 0 saturated carbocycles. The predicted octanol–water partition coefficient (Wildman–Crippen LogP) is 2.35. The number of carbonyl (C=O) groups excluding carboxylic acids is 2. The lowest BCUT2D eigenvalue weighted by Crippen LogP contribution is -2.31. The fraction of sp³-hybridized carbons (Fsp3) is 0.421. The van der Waals surface area contributed by atoms with E-state index in [1.54, 1.807) is 18.5 Å². The smallest absolute Gasteiger partial charge is 0.242 e. The van der Waals surface area contributed by atoms with Crippen molar-refractivity contribution < 1.29 is 19.1 Å². The zero-order chi connectivity index (χ0) is 18.8. The molecule has 0 spiro atoms. The van der Waals surface area contributed by atoms with E-state index in [0.29, 0.717) is 35.9 Å². The van der Waals surface area contributed by atoms with Gasteiger partial charge in [-0.15, -0.1) is 0 Å². The molecule has 3 rings (SSSR count). The number of fused-ring (bicyclic) bond motifs is 1. The van der Waals surface area contributed by atoms with Gasteiger partial charge in [-0.1, -0.05) is 6.07 Å². The SMILES string of the molecule is CC(=O)c1c(C)nn(CC(=O)NC(C)c2ccc3c(c2)OCCO3)c1C. The number of carbonyl (C=O) groups is 2. The van der Waals surface area contributed by atoms with Gasteiger partial charge < -0.3 is 14.8 Å². The van der Waals surface area contributed by atoms with Crippen LogP contribution in [0.25, 0.3) is 0 Å². The van der Waals surface area contributed by atoms with Gasteiger partial charge >= 0.3 is 0 Å². The number of ketones is 1. The largest absolute Gasteiger partial charge is 0.486 e. The summed E-state index contributed by atoms with van der Waals surface area (Å²) in [5, 5.41) is 7.26. The number of nitrogens with zero attached hydrogens (tertiary/aromatic N) is 2. The zero-order valence-corrected chi connectivity index (χ0v) is 15.5. The van der Waals surface area contributed by atoms with Crippen LogP contribution in [0, 0.1) is 13.8 Å². The molecule has 1 atom stereocenters. The summed E-state index contributed by atoms with van der Waals surface area (Å²) in [5.41, 5.74) is 2.86. The Morgan fingerprint density at radius 2 is 1.92 bits per heavy atom. The van der Waals surface area contributed by atoms with Crippen LogP contribution in [0.4, 0.5) is 0 Å². The second kappa shape index (κ2) is 7.19. The molecule has 7 nitrogen and oxygen atoms in total. The minimum absolute atomic E-state index is 0.0451. The summed E-state index contributed by atoms with van der Waals surface area (Å²) in [5.74, 6) is 1.20. The number of aryl methyl sites for hydroxylation is 1. The Kier molecular flexibility index (Phi) is 4.97. The molecule has 1 aromatic heterocycles.